The number of aromatic nitrogens is 1. The van der Waals surface area contributed by atoms with E-state index in [1.165, 1.54) is 6.07 Å². The number of pyridine rings is 1. The third kappa shape index (κ3) is 3.71. The largest absolute Gasteiger partial charge is 0.495 e. The van der Waals surface area contributed by atoms with Gasteiger partial charge in [-0.3, -0.25) is 4.98 Å². The van der Waals surface area contributed by atoms with Crippen molar-refractivity contribution in [1.82, 2.24) is 10.3 Å². The summed E-state index contributed by atoms with van der Waals surface area (Å²) in [6, 6.07) is 8.07. The van der Waals surface area contributed by atoms with Gasteiger partial charge < -0.3 is 10.1 Å². The van der Waals surface area contributed by atoms with E-state index in [4.69, 9.17) is 16.3 Å². The molecule has 0 aliphatic rings. The van der Waals surface area contributed by atoms with Crippen molar-refractivity contribution in [1.29, 1.82) is 0 Å². The second-order valence-electron chi connectivity index (χ2n) is 4.65. The number of nitrogens with zero attached hydrogens (tertiary/aromatic N) is 1. The lowest BCUT2D eigenvalue weighted by Gasteiger charge is -2.20. The molecule has 0 saturated carbocycles. The smallest absolute Gasteiger partial charge is 0.146 e. The van der Waals surface area contributed by atoms with Gasteiger partial charge in [0, 0.05) is 6.20 Å². The van der Waals surface area contributed by atoms with Crippen LogP contribution < -0.4 is 10.1 Å². The molecule has 5 heteroatoms. The van der Waals surface area contributed by atoms with E-state index in [1.807, 2.05) is 12.1 Å². The standard InChI is InChI=1S/C16H18ClFN2O/c1-3-8-19-15(16-13(18)5-4-9-20-16)11-6-7-12(17)14(10-11)21-2/h4-7,9-10,15,19H,3,8H2,1-2H3. The van der Waals surface area contributed by atoms with E-state index in [9.17, 15) is 4.39 Å². The normalized spacial score (nSPS) is 12.2. The lowest BCUT2D eigenvalue weighted by atomic mass is 10.0. The maximum Gasteiger partial charge on any atom is 0.146 e. The molecule has 1 N–H and O–H groups in total. The maximum absolute atomic E-state index is 14.1. The van der Waals surface area contributed by atoms with Gasteiger partial charge in [0.1, 0.15) is 11.6 Å². The third-order valence-electron chi connectivity index (χ3n) is 3.17. The van der Waals surface area contributed by atoms with Crippen molar-refractivity contribution in [3.63, 3.8) is 0 Å². The predicted molar refractivity (Wildman–Crippen MR) is 82.3 cm³/mol. The molecule has 0 aliphatic heterocycles. The summed E-state index contributed by atoms with van der Waals surface area (Å²) >= 11 is 6.05. The van der Waals surface area contributed by atoms with Crippen LogP contribution >= 0.6 is 11.6 Å². The first-order chi connectivity index (χ1) is 10.2. The zero-order valence-electron chi connectivity index (χ0n) is 12.1. The number of hydrogen-bond donors (Lipinski definition) is 1. The average molecular weight is 309 g/mol. The molecule has 1 aromatic carbocycles. The van der Waals surface area contributed by atoms with Gasteiger partial charge in [-0.05, 0) is 42.8 Å². The van der Waals surface area contributed by atoms with Gasteiger partial charge in [-0.2, -0.15) is 0 Å². The van der Waals surface area contributed by atoms with E-state index in [0.29, 0.717) is 16.5 Å². The lowest BCUT2D eigenvalue weighted by molar-refractivity contribution is 0.413. The highest BCUT2D eigenvalue weighted by atomic mass is 35.5. The quantitative estimate of drug-likeness (QED) is 0.876. The van der Waals surface area contributed by atoms with Crippen molar-refractivity contribution >= 4 is 11.6 Å². The minimum atomic E-state index is -0.336. The van der Waals surface area contributed by atoms with Crippen LogP contribution in [0.3, 0.4) is 0 Å². The molecular formula is C16H18ClFN2O. The number of methoxy groups -OCH3 is 1. The summed E-state index contributed by atoms with van der Waals surface area (Å²) in [6.07, 6.45) is 2.53. The Kier molecular flexibility index (Phi) is 5.53. The summed E-state index contributed by atoms with van der Waals surface area (Å²) in [5, 5.41) is 3.84. The van der Waals surface area contributed by atoms with Crippen LogP contribution in [-0.4, -0.2) is 18.6 Å². The average Bonchev–Trinajstić information content (AvgIpc) is 2.50. The van der Waals surface area contributed by atoms with Gasteiger partial charge in [0.2, 0.25) is 0 Å². The van der Waals surface area contributed by atoms with Crippen LogP contribution in [0.2, 0.25) is 5.02 Å². The Labute approximate surface area is 129 Å². The van der Waals surface area contributed by atoms with Crippen LogP contribution in [0.15, 0.2) is 36.5 Å². The Hall–Kier alpha value is -1.65. The zero-order valence-corrected chi connectivity index (χ0v) is 12.8. The monoisotopic (exact) mass is 308 g/mol. The van der Waals surface area contributed by atoms with Crippen LogP contribution in [0.25, 0.3) is 0 Å². The van der Waals surface area contributed by atoms with Crippen LogP contribution in [0.4, 0.5) is 4.39 Å². The van der Waals surface area contributed by atoms with Gasteiger partial charge in [0.25, 0.3) is 0 Å². The summed E-state index contributed by atoms with van der Waals surface area (Å²) < 4.78 is 19.3. The third-order valence-corrected chi connectivity index (χ3v) is 3.48. The molecule has 0 spiro atoms. The van der Waals surface area contributed by atoms with Crippen molar-refractivity contribution in [2.75, 3.05) is 13.7 Å². The van der Waals surface area contributed by atoms with E-state index in [0.717, 1.165) is 18.5 Å². The predicted octanol–water partition coefficient (Wildman–Crippen LogP) is 3.97. The maximum atomic E-state index is 14.1. The van der Waals surface area contributed by atoms with Crippen LogP contribution in [-0.2, 0) is 0 Å². The first kappa shape index (κ1) is 15.7. The van der Waals surface area contributed by atoms with Crippen LogP contribution in [0.5, 0.6) is 5.75 Å². The number of ether oxygens (including phenoxy) is 1. The molecule has 0 bridgehead atoms. The number of hydrogen-bond acceptors (Lipinski definition) is 3. The van der Waals surface area contributed by atoms with Crippen LogP contribution in [0, 0.1) is 5.82 Å². The van der Waals surface area contributed by atoms with E-state index in [-0.39, 0.29) is 11.9 Å². The Morgan fingerprint density at radius 1 is 1.38 bits per heavy atom. The van der Waals surface area contributed by atoms with E-state index in [1.54, 1.807) is 25.4 Å². The van der Waals surface area contributed by atoms with E-state index >= 15 is 0 Å². The number of rotatable bonds is 6. The fourth-order valence-corrected chi connectivity index (χ4v) is 2.32. The fourth-order valence-electron chi connectivity index (χ4n) is 2.13. The molecule has 1 heterocycles. The molecule has 2 rings (SSSR count). The molecule has 1 atom stereocenters. The number of benzene rings is 1. The molecule has 0 fully saturated rings. The van der Waals surface area contributed by atoms with Crippen molar-refractivity contribution in [3.8, 4) is 5.75 Å². The highest BCUT2D eigenvalue weighted by Crippen LogP contribution is 2.30. The first-order valence-electron chi connectivity index (χ1n) is 6.84. The van der Waals surface area contributed by atoms with E-state index < -0.39 is 0 Å². The second-order valence-corrected chi connectivity index (χ2v) is 5.06. The Morgan fingerprint density at radius 2 is 2.19 bits per heavy atom. The summed E-state index contributed by atoms with van der Waals surface area (Å²) in [7, 11) is 1.56. The van der Waals surface area contributed by atoms with Gasteiger partial charge in [-0.15, -0.1) is 0 Å². The number of halogens is 2. The molecule has 2 aromatic rings. The molecular weight excluding hydrogens is 291 g/mol. The molecule has 1 unspecified atom stereocenters. The molecule has 0 aliphatic carbocycles. The summed E-state index contributed by atoms with van der Waals surface area (Å²) in [4.78, 5) is 4.17. The van der Waals surface area contributed by atoms with Crippen LogP contribution in [0.1, 0.15) is 30.6 Å². The zero-order chi connectivity index (χ0) is 15.2. The number of nitrogens with one attached hydrogen (secondary N) is 1. The minimum Gasteiger partial charge on any atom is -0.495 e. The molecule has 0 amide bonds. The molecule has 21 heavy (non-hydrogen) atoms. The summed E-state index contributed by atoms with van der Waals surface area (Å²) in [5.74, 6) is 0.230. The highest BCUT2D eigenvalue weighted by molar-refractivity contribution is 6.32. The van der Waals surface area contributed by atoms with Gasteiger partial charge in [-0.1, -0.05) is 24.6 Å². The lowest BCUT2D eigenvalue weighted by Crippen LogP contribution is -2.25. The molecule has 112 valence electrons. The van der Waals surface area contributed by atoms with Crippen molar-refractivity contribution in [3.05, 3.63) is 58.6 Å². The van der Waals surface area contributed by atoms with Crippen molar-refractivity contribution < 1.29 is 9.13 Å². The van der Waals surface area contributed by atoms with Crippen molar-refractivity contribution in [2.45, 2.75) is 19.4 Å². The van der Waals surface area contributed by atoms with Gasteiger partial charge in [-0.25, -0.2) is 4.39 Å². The first-order valence-corrected chi connectivity index (χ1v) is 7.22. The fraction of sp³-hybridized carbons (Fsp3) is 0.312. The highest BCUT2D eigenvalue weighted by Gasteiger charge is 2.19. The van der Waals surface area contributed by atoms with Gasteiger partial charge in [0.05, 0.1) is 23.9 Å². The minimum absolute atomic E-state index is 0.333. The SMILES string of the molecule is CCCNC(c1ccc(Cl)c(OC)c1)c1ncccc1F. The van der Waals surface area contributed by atoms with E-state index in [2.05, 4.69) is 17.2 Å². The molecule has 0 saturated heterocycles. The van der Waals surface area contributed by atoms with Gasteiger partial charge >= 0.3 is 0 Å². The molecule has 0 radical (unpaired) electrons. The Balaban J connectivity index is 2.43. The topological polar surface area (TPSA) is 34.1 Å². The second kappa shape index (κ2) is 7.38. The Morgan fingerprint density at radius 3 is 2.86 bits per heavy atom. The molecule has 3 nitrogen and oxygen atoms in total. The van der Waals surface area contributed by atoms with Crippen molar-refractivity contribution in [2.24, 2.45) is 0 Å². The van der Waals surface area contributed by atoms with Gasteiger partial charge in [0.15, 0.2) is 0 Å². The summed E-state index contributed by atoms with van der Waals surface area (Å²) in [6.45, 7) is 2.81. The Bertz CT molecular complexity index is 607. The summed E-state index contributed by atoms with van der Waals surface area (Å²) in [5.41, 5.74) is 1.23. The molecule has 1 aromatic heterocycles.